The Morgan fingerprint density at radius 3 is 2.42 bits per heavy atom. The predicted octanol–water partition coefficient (Wildman–Crippen LogP) is 3.71. The maximum atomic E-state index is 12.9. The zero-order chi connectivity index (χ0) is 19.5. The van der Waals surface area contributed by atoms with Crippen LogP contribution in [0.1, 0.15) is 64.3 Å². The van der Waals surface area contributed by atoms with Crippen LogP contribution in [-0.4, -0.2) is 23.1 Å². The third kappa shape index (κ3) is 4.62. The van der Waals surface area contributed by atoms with E-state index >= 15 is 0 Å². The van der Waals surface area contributed by atoms with Crippen LogP contribution in [0.4, 0.5) is 0 Å². The van der Waals surface area contributed by atoms with Crippen LogP contribution in [0.2, 0.25) is 0 Å². The van der Waals surface area contributed by atoms with Crippen molar-refractivity contribution in [2.75, 3.05) is 0 Å². The molecule has 1 aliphatic carbocycles. The number of nitrogens with one attached hydrogen (secondary N) is 2. The molecule has 0 aliphatic heterocycles. The Kier molecular flexibility index (Phi) is 6.05. The van der Waals surface area contributed by atoms with Gasteiger partial charge < -0.3 is 15.1 Å². The number of nitrogens with zero attached hydrogens (tertiary/aromatic N) is 2. The first kappa shape index (κ1) is 19.9. The van der Waals surface area contributed by atoms with E-state index in [4.69, 9.17) is 4.42 Å². The van der Waals surface area contributed by atoms with E-state index in [0.29, 0.717) is 23.7 Å². The summed E-state index contributed by atoms with van der Waals surface area (Å²) in [6, 6.07) is 0. The molecule has 1 heterocycles. The number of hydrogen-bond acceptors (Lipinski definition) is 5. The van der Waals surface area contributed by atoms with Gasteiger partial charge in [-0.1, -0.05) is 12.5 Å². The van der Waals surface area contributed by atoms with E-state index in [-0.39, 0.29) is 18.0 Å². The van der Waals surface area contributed by atoms with Gasteiger partial charge in [-0.05, 0) is 60.6 Å². The Morgan fingerprint density at radius 2 is 2.00 bits per heavy atom. The smallest absolute Gasteiger partial charge is 0.252 e. The van der Waals surface area contributed by atoms with Crippen LogP contribution in [0.15, 0.2) is 31.9 Å². The molecule has 0 atom stereocenters. The second kappa shape index (κ2) is 7.89. The van der Waals surface area contributed by atoms with Crippen molar-refractivity contribution in [1.29, 1.82) is 0 Å². The SMILES string of the molecule is C=N/C(NC1(C)CC1)=C(\CC)C(C(=O)NCc1nc(C)c(C)o1)=C(C)C. The summed E-state index contributed by atoms with van der Waals surface area (Å²) in [4.78, 5) is 21.4. The van der Waals surface area contributed by atoms with Crippen LogP contribution in [0, 0.1) is 13.8 Å². The van der Waals surface area contributed by atoms with E-state index in [1.54, 1.807) is 0 Å². The van der Waals surface area contributed by atoms with Crippen molar-refractivity contribution in [2.45, 2.75) is 72.9 Å². The molecular weight excluding hydrogens is 328 g/mol. The first-order valence-electron chi connectivity index (χ1n) is 9.07. The van der Waals surface area contributed by atoms with Gasteiger partial charge in [-0.2, -0.15) is 0 Å². The molecule has 1 amide bonds. The van der Waals surface area contributed by atoms with Crippen molar-refractivity contribution >= 4 is 12.6 Å². The van der Waals surface area contributed by atoms with Crippen LogP contribution in [-0.2, 0) is 11.3 Å². The average molecular weight is 358 g/mol. The maximum Gasteiger partial charge on any atom is 0.252 e. The van der Waals surface area contributed by atoms with Gasteiger partial charge in [0.15, 0.2) is 0 Å². The van der Waals surface area contributed by atoms with Gasteiger partial charge in [0.2, 0.25) is 5.89 Å². The fourth-order valence-electron chi connectivity index (χ4n) is 2.80. The maximum absolute atomic E-state index is 12.9. The highest BCUT2D eigenvalue weighted by Gasteiger charge is 2.38. The minimum Gasteiger partial charge on any atom is -0.444 e. The van der Waals surface area contributed by atoms with E-state index < -0.39 is 0 Å². The highest BCUT2D eigenvalue weighted by atomic mass is 16.4. The zero-order valence-electron chi connectivity index (χ0n) is 16.7. The number of amides is 1. The highest BCUT2D eigenvalue weighted by molar-refractivity contribution is 5.98. The van der Waals surface area contributed by atoms with Crippen molar-refractivity contribution in [2.24, 2.45) is 4.99 Å². The van der Waals surface area contributed by atoms with Crippen LogP contribution in [0.5, 0.6) is 0 Å². The Balaban J connectivity index is 2.23. The fourth-order valence-corrected chi connectivity index (χ4v) is 2.80. The van der Waals surface area contributed by atoms with Gasteiger partial charge in [0.05, 0.1) is 12.2 Å². The number of aromatic nitrogens is 1. The molecule has 1 aromatic rings. The van der Waals surface area contributed by atoms with E-state index in [2.05, 4.69) is 34.3 Å². The Bertz CT molecular complexity index is 743. The molecule has 0 spiro atoms. The van der Waals surface area contributed by atoms with Crippen LogP contribution in [0.25, 0.3) is 0 Å². The van der Waals surface area contributed by atoms with Crippen LogP contribution in [0.3, 0.4) is 0 Å². The molecule has 142 valence electrons. The second-order valence-electron chi connectivity index (χ2n) is 7.33. The number of aliphatic imine (C=N–C) groups is 1. The number of allylic oxidation sites excluding steroid dienone is 1. The summed E-state index contributed by atoms with van der Waals surface area (Å²) in [5, 5.41) is 6.36. The first-order chi connectivity index (χ1) is 12.2. The van der Waals surface area contributed by atoms with Crippen molar-refractivity contribution in [3.8, 4) is 0 Å². The highest BCUT2D eigenvalue weighted by Crippen LogP contribution is 2.36. The van der Waals surface area contributed by atoms with Crippen LogP contribution < -0.4 is 10.6 Å². The lowest BCUT2D eigenvalue weighted by molar-refractivity contribution is -0.117. The third-order valence-electron chi connectivity index (χ3n) is 4.72. The lowest BCUT2D eigenvalue weighted by Gasteiger charge is -2.20. The Labute approximate surface area is 155 Å². The Morgan fingerprint density at radius 1 is 1.35 bits per heavy atom. The van der Waals surface area contributed by atoms with Gasteiger partial charge in [0, 0.05) is 16.7 Å². The number of carbonyl (C=O) groups excluding carboxylic acids is 1. The molecule has 1 aliphatic rings. The van der Waals surface area contributed by atoms with Gasteiger partial charge in [-0.3, -0.25) is 4.79 Å². The largest absolute Gasteiger partial charge is 0.444 e. The molecule has 1 aromatic heterocycles. The van der Waals surface area contributed by atoms with Gasteiger partial charge in [-0.25, -0.2) is 9.98 Å². The van der Waals surface area contributed by atoms with Gasteiger partial charge in [0.1, 0.15) is 11.6 Å². The number of oxazole rings is 1. The van der Waals surface area contributed by atoms with Crippen LogP contribution >= 0.6 is 0 Å². The quantitative estimate of drug-likeness (QED) is 0.422. The molecule has 1 fully saturated rings. The molecule has 6 heteroatoms. The second-order valence-corrected chi connectivity index (χ2v) is 7.33. The molecule has 0 aromatic carbocycles. The molecule has 0 saturated heterocycles. The van der Waals surface area contributed by atoms with E-state index in [0.717, 1.165) is 35.4 Å². The number of rotatable bonds is 8. The van der Waals surface area contributed by atoms with Crippen molar-refractivity contribution < 1.29 is 9.21 Å². The van der Waals surface area contributed by atoms with Gasteiger partial charge in [0.25, 0.3) is 5.91 Å². The molecule has 1 saturated carbocycles. The number of carbonyl (C=O) groups is 1. The summed E-state index contributed by atoms with van der Waals surface area (Å²) in [6.07, 6.45) is 2.88. The average Bonchev–Trinajstić information content (AvgIpc) is 3.22. The number of aryl methyl sites for hydroxylation is 2. The van der Waals surface area contributed by atoms with Gasteiger partial charge in [-0.15, -0.1) is 0 Å². The molecule has 26 heavy (non-hydrogen) atoms. The zero-order valence-corrected chi connectivity index (χ0v) is 16.7. The third-order valence-corrected chi connectivity index (χ3v) is 4.72. The monoisotopic (exact) mass is 358 g/mol. The van der Waals surface area contributed by atoms with E-state index in [9.17, 15) is 4.79 Å². The molecule has 2 N–H and O–H groups in total. The summed E-state index contributed by atoms with van der Waals surface area (Å²) >= 11 is 0. The fraction of sp³-hybridized carbons (Fsp3) is 0.550. The van der Waals surface area contributed by atoms with Crippen molar-refractivity contribution in [3.05, 3.63) is 39.9 Å². The predicted molar refractivity (Wildman–Crippen MR) is 104 cm³/mol. The van der Waals surface area contributed by atoms with E-state index in [1.165, 1.54) is 0 Å². The summed E-state index contributed by atoms with van der Waals surface area (Å²) in [6.45, 7) is 15.7. The standard InChI is InChI=1S/C20H30N4O2/c1-8-15(18(21-7)24-20(6)9-10-20)17(12(2)3)19(25)22-11-16-23-13(4)14(5)26-16/h24H,7-11H2,1-6H3,(H,22,25)/b18-15-. The van der Waals surface area contributed by atoms with E-state index in [1.807, 2.05) is 34.6 Å². The molecule has 6 nitrogen and oxygen atoms in total. The molecule has 2 rings (SSSR count). The minimum atomic E-state index is -0.153. The molecule has 0 bridgehead atoms. The summed E-state index contributed by atoms with van der Waals surface area (Å²) in [5.41, 5.74) is 3.36. The topological polar surface area (TPSA) is 79.5 Å². The number of hydrogen-bond donors (Lipinski definition) is 2. The summed E-state index contributed by atoms with van der Waals surface area (Å²) < 4.78 is 5.54. The summed E-state index contributed by atoms with van der Waals surface area (Å²) in [5.74, 6) is 1.82. The Hall–Kier alpha value is -2.37. The van der Waals surface area contributed by atoms with Gasteiger partial charge >= 0.3 is 0 Å². The normalized spacial score (nSPS) is 15.8. The molecule has 0 radical (unpaired) electrons. The molecular formula is C20H30N4O2. The first-order valence-corrected chi connectivity index (χ1v) is 9.07. The summed E-state index contributed by atoms with van der Waals surface area (Å²) in [7, 11) is 0. The van der Waals surface area contributed by atoms with Crippen molar-refractivity contribution in [1.82, 2.24) is 15.6 Å². The lowest BCUT2D eigenvalue weighted by atomic mass is 9.97. The van der Waals surface area contributed by atoms with Crippen molar-refractivity contribution in [3.63, 3.8) is 0 Å². The lowest BCUT2D eigenvalue weighted by Crippen LogP contribution is -2.30. The molecule has 0 unspecified atom stereocenters. The minimum absolute atomic E-state index is 0.0628.